The maximum Gasteiger partial charge on any atom is 0.254 e. The number of methoxy groups -OCH3 is 2. The first-order valence-corrected chi connectivity index (χ1v) is 10.7. The van der Waals surface area contributed by atoms with Gasteiger partial charge in [-0.25, -0.2) is 9.50 Å². The van der Waals surface area contributed by atoms with Gasteiger partial charge in [0.1, 0.15) is 0 Å². The Labute approximate surface area is 180 Å². The summed E-state index contributed by atoms with van der Waals surface area (Å²) in [5.74, 6) is 1.17. The van der Waals surface area contributed by atoms with Gasteiger partial charge in [-0.2, -0.15) is 0 Å². The van der Waals surface area contributed by atoms with E-state index in [0.29, 0.717) is 30.2 Å². The van der Waals surface area contributed by atoms with E-state index in [1.165, 1.54) is 0 Å². The molecule has 1 aromatic carbocycles. The van der Waals surface area contributed by atoms with Crippen molar-refractivity contribution in [3.63, 3.8) is 0 Å². The summed E-state index contributed by atoms with van der Waals surface area (Å²) in [5.41, 5.74) is 1.64. The number of piperazine rings is 1. The zero-order chi connectivity index (χ0) is 21.5. The topological polar surface area (TPSA) is 72.2 Å². The summed E-state index contributed by atoms with van der Waals surface area (Å²) in [6, 6.07) is 5.27. The van der Waals surface area contributed by atoms with Gasteiger partial charge in [-0.05, 0) is 18.2 Å². The number of benzene rings is 1. The number of amides is 1. The highest BCUT2D eigenvalue weighted by atomic mass is 32.1. The molecule has 30 heavy (non-hydrogen) atoms. The minimum absolute atomic E-state index is 0.000589. The highest BCUT2D eigenvalue weighted by molar-refractivity contribution is 7.20. The molecule has 0 aliphatic carbocycles. The van der Waals surface area contributed by atoms with E-state index >= 15 is 0 Å². The Morgan fingerprint density at radius 2 is 1.77 bits per heavy atom. The van der Waals surface area contributed by atoms with Crippen LogP contribution < -0.4 is 14.4 Å². The van der Waals surface area contributed by atoms with E-state index in [0.717, 1.165) is 28.9 Å². The fourth-order valence-corrected chi connectivity index (χ4v) is 4.37. The molecule has 2 aromatic heterocycles. The Bertz CT molecular complexity index is 1030. The second kappa shape index (κ2) is 7.79. The van der Waals surface area contributed by atoms with Crippen LogP contribution in [0.3, 0.4) is 0 Å². The fraction of sp³-hybridized carbons (Fsp3) is 0.476. The first-order valence-electron chi connectivity index (χ1n) is 9.93. The quantitative estimate of drug-likeness (QED) is 0.635. The van der Waals surface area contributed by atoms with Crippen molar-refractivity contribution in [2.24, 2.45) is 0 Å². The van der Waals surface area contributed by atoms with E-state index in [-0.39, 0.29) is 11.3 Å². The zero-order valence-corrected chi connectivity index (χ0v) is 18.8. The molecule has 4 rings (SSSR count). The SMILES string of the molecule is COc1ccc(C(=O)N2CCN(c3nn4cc(C(C)(C)C)nc4s3)CC2)cc1OC. The lowest BCUT2D eigenvalue weighted by molar-refractivity contribution is 0.0746. The minimum atomic E-state index is -0.000589. The molecule has 1 fully saturated rings. The number of hydrogen-bond acceptors (Lipinski definition) is 7. The molecule has 1 amide bonds. The Balaban J connectivity index is 1.43. The lowest BCUT2D eigenvalue weighted by atomic mass is 9.93. The standard InChI is InChI=1S/C21H27N5O3S/c1-21(2,3)17-13-26-19(22-17)30-20(23-26)25-10-8-24(9-11-25)18(27)14-6-7-15(28-4)16(12-14)29-5/h6-7,12-13H,8-11H2,1-5H3. The third-order valence-corrected chi connectivity index (χ3v) is 6.25. The predicted molar refractivity (Wildman–Crippen MR) is 117 cm³/mol. The van der Waals surface area contributed by atoms with Crippen molar-refractivity contribution in [1.29, 1.82) is 0 Å². The summed E-state index contributed by atoms with van der Waals surface area (Å²) in [6.45, 7) is 9.20. The largest absolute Gasteiger partial charge is 0.493 e. The second-order valence-electron chi connectivity index (χ2n) is 8.34. The third kappa shape index (κ3) is 3.81. The molecule has 3 aromatic rings. The molecule has 1 saturated heterocycles. The molecule has 0 bridgehead atoms. The number of fused-ring (bicyclic) bond motifs is 1. The Morgan fingerprint density at radius 1 is 1.07 bits per heavy atom. The van der Waals surface area contributed by atoms with Crippen molar-refractivity contribution in [1.82, 2.24) is 19.5 Å². The van der Waals surface area contributed by atoms with E-state index in [4.69, 9.17) is 19.6 Å². The summed E-state index contributed by atoms with van der Waals surface area (Å²) >= 11 is 1.59. The van der Waals surface area contributed by atoms with Crippen LogP contribution >= 0.6 is 11.3 Å². The molecule has 9 heteroatoms. The average molecular weight is 430 g/mol. The molecule has 0 N–H and O–H groups in total. The van der Waals surface area contributed by atoms with Gasteiger partial charge in [-0.3, -0.25) is 4.79 Å². The number of carbonyl (C=O) groups is 1. The van der Waals surface area contributed by atoms with Crippen LogP contribution in [0.2, 0.25) is 0 Å². The number of carbonyl (C=O) groups excluding carboxylic acids is 1. The van der Waals surface area contributed by atoms with Crippen LogP contribution in [0.25, 0.3) is 4.96 Å². The van der Waals surface area contributed by atoms with Crippen LogP contribution in [0.4, 0.5) is 5.13 Å². The van der Waals surface area contributed by atoms with Crippen molar-refractivity contribution < 1.29 is 14.3 Å². The van der Waals surface area contributed by atoms with Gasteiger partial charge in [0, 0.05) is 37.2 Å². The molecule has 1 aliphatic heterocycles. The molecule has 8 nitrogen and oxygen atoms in total. The molecular formula is C21H27N5O3S. The van der Waals surface area contributed by atoms with E-state index in [1.807, 2.05) is 15.6 Å². The van der Waals surface area contributed by atoms with Crippen LogP contribution in [0.15, 0.2) is 24.4 Å². The van der Waals surface area contributed by atoms with E-state index in [1.54, 1.807) is 43.8 Å². The van der Waals surface area contributed by atoms with Crippen LogP contribution in [0.5, 0.6) is 11.5 Å². The fourth-order valence-electron chi connectivity index (χ4n) is 3.43. The highest BCUT2D eigenvalue weighted by Crippen LogP contribution is 2.30. The number of anilines is 1. The van der Waals surface area contributed by atoms with Gasteiger partial charge >= 0.3 is 0 Å². The van der Waals surface area contributed by atoms with Gasteiger partial charge < -0.3 is 19.3 Å². The number of ether oxygens (including phenoxy) is 2. The summed E-state index contributed by atoms with van der Waals surface area (Å²) < 4.78 is 12.4. The molecule has 0 spiro atoms. The molecule has 0 atom stereocenters. The maximum absolute atomic E-state index is 12.9. The first kappa shape index (κ1) is 20.5. The molecule has 3 heterocycles. The molecule has 1 aliphatic rings. The third-order valence-electron chi connectivity index (χ3n) is 5.27. The summed E-state index contributed by atoms with van der Waals surface area (Å²) in [5, 5.41) is 5.65. The first-order chi connectivity index (χ1) is 14.3. The number of hydrogen-bond donors (Lipinski definition) is 0. The van der Waals surface area contributed by atoms with E-state index in [9.17, 15) is 4.79 Å². The molecule has 0 radical (unpaired) electrons. The summed E-state index contributed by atoms with van der Waals surface area (Å²) in [4.78, 5) is 22.6. The van der Waals surface area contributed by atoms with Gasteiger partial charge in [0.2, 0.25) is 10.1 Å². The zero-order valence-electron chi connectivity index (χ0n) is 18.0. The second-order valence-corrected chi connectivity index (χ2v) is 9.27. The molecular weight excluding hydrogens is 402 g/mol. The van der Waals surface area contributed by atoms with Crippen LogP contribution in [0, 0.1) is 0 Å². The number of aromatic nitrogens is 3. The molecule has 160 valence electrons. The number of nitrogens with zero attached hydrogens (tertiary/aromatic N) is 5. The van der Waals surface area contributed by atoms with Crippen LogP contribution in [-0.2, 0) is 5.41 Å². The van der Waals surface area contributed by atoms with Gasteiger partial charge in [0.05, 0.1) is 26.1 Å². The molecule has 0 unspecified atom stereocenters. The number of rotatable bonds is 4. The minimum Gasteiger partial charge on any atom is -0.493 e. The highest BCUT2D eigenvalue weighted by Gasteiger charge is 2.26. The van der Waals surface area contributed by atoms with Crippen molar-refractivity contribution in [2.45, 2.75) is 26.2 Å². The Hall–Kier alpha value is -2.81. The van der Waals surface area contributed by atoms with Gasteiger partial charge in [0.15, 0.2) is 11.5 Å². The molecule has 0 saturated carbocycles. The van der Waals surface area contributed by atoms with Gasteiger partial charge in [0.25, 0.3) is 5.91 Å². The smallest absolute Gasteiger partial charge is 0.254 e. The summed E-state index contributed by atoms with van der Waals surface area (Å²) in [7, 11) is 3.15. The van der Waals surface area contributed by atoms with Gasteiger partial charge in [-0.1, -0.05) is 32.1 Å². The van der Waals surface area contributed by atoms with Crippen LogP contribution in [0.1, 0.15) is 36.8 Å². The Morgan fingerprint density at radius 3 is 2.37 bits per heavy atom. The van der Waals surface area contributed by atoms with Crippen LogP contribution in [-0.4, -0.2) is 65.8 Å². The lowest BCUT2D eigenvalue weighted by Gasteiger charge is -2.34. The van der Waals surface area contributed by atoms with Crippen molar-refractivity contribution in [3.05, 3.63) is 35.7 Å². The summed E-state index contributed by atoms with van der Waals surface area (Å²) in [6.07, 6.45) is 2.01. The predicted octanol–water partition coefficient (Wildman–Crippen LogP) is 3.07. The number of imidazole rings is 1. The van der Waals surface area contributed by atoms with Gasteiger partial charge in [-0.15, -0.1) is 5.10 Å². The normalized spacial score (nSPS) is 15.0. The lowest BCUT2D eigenvalue weighted by Crippen LogP contribution is -2.48. The maximum atomic E-state index is 12.9. The van der Waals surface area contributed by atoms with Crippen molar-refractivity contribution in [3.8, 4) is 11.5 Å². The van der Waals surface area contributed by atoms with Crippen molar-refractivity contribution >= 4 is 27.3 Å². The van der Waals surface area contributed by atoms with E-state index < -0.39 is 0 Å². The monoisotopic (exact) mass is 429 g/mol. The van der Waals surface area contributed by atoms with Crippen molar-refractivity contribution in [2.75, 3.05) is 45.3 Å². The Kier molecular flexibility index (Phi) is 5.31. The van der Waals surface area contributed by atoms with E-state index in [2.05, 4.69) is 25.7 Å². The average Bonchev–Trinajstić information content (AvgIpc) is 3.32.